The number of esters is 1. The van der Waals surface area contributed by atoms with E-state index in [4.69, 9.17) is 0 Å². The summed E-state index contributed by atoms with van der Waals surface area (Å²) >= 11 is 0. The molecule has 0 N–H and O–H groups in total. The van der Waals surface area contributed by atoms with Gasteiger partial charge in [0.15, 0.2) is 0 Å². The summed E-state index contributed by atoms with van der Waals surface area (Å²) in [6.45, 7) is 4.11. The molecule has 0 spiro atoms. The zero-order chi connectivity index (χ0) is 10.6. The Hall–Kier alpha value is -1.19. The molecule has 0 aromatic rings. The first-order valence-electron chi connectivity index (χ1n) is 4.00. The largest absolute Gasteiger partial charge is 0.469 e. The number of methoxy groups -OCH3 is 1. The van der Waals surface area contributed by atoms with Crippen LogP contribution < -0.4 is 0 Å². The van der Waals surface area contributed by atoms with E-state index in [1.54, 1.807) is 0 Å². The zero-order valence-electron chi connectivity index (χ0n) is 8.29. The van der Waals surface area contributed by atoms with E-state index < -0.39 is 17.8 Å². The van der Waals surface area contributed by atoms with Crippen molar-refractivity contribution in [1.29, 1.82) is 0 Å². The van der Waals surface area contributed by atoms with Crippen LogP contribution in [0.1, 0.15) is 20.8 Å². The number of hydrogen-bond donors (Lipinski definition) is 0. The van der Waals surface area contributed by atoms with Crippen molar-refractivity contribution >= 4 is 17.5 Å². The second-order valence-corrected chi connectivity index (χ2v) is 3.01. The molecular formula is C9H14O4. The van der Waals surface area contributed by atoms with E-state index in [9.17, 15) is 14.4 Å². The van der Waals surface area contributed by atoms with E-state index in [2.05, 4.69) is 4.74 Å². The van der Waals surface area contributed by atoms with Gasteiger partial charge in [0, 0.05) is 0 Å². The lowest BCUT2D eigenvalue weighted by Crippen LogP contribution is -2.32. The molecule has 0 aliphatic heterocycles. The van der Waals surface area contributed by atoms with Crippen LogP contribution in [0.2, 0.25) is 0 Å². The number of rotatable bonds is 4. The lowest BCUT2D eigenvalue weighted by molar-refractivity contribution is -0.151. The molecule has 0 unspecified atom stereocenters. The molecule has 74 valence electrons. The molecule has 0 saturated heterocycles. The van der Waals surface area contributed by atoms with Crippen LogP contribution in [0.25, 0.3) is 0 Å². The number of carbonyl (C=O) groups excluding carboxylic acids is 3. The standard InChI is InChI=1S/C9H14O4/c1-5(9(12)13-4)8(6(2)10)7(3)11/h5,8H,1-4H3/t5-/m0/s1. The number of Topliss-reactive ketones (excluding diaryl/α,β-unsaturated/α-hetero) is 2. The maximum atomic E-state index is 11.0. The Morgan fingerprint density at radius 1 is 1.08 bits per heavy atom. The average Bonchev–Trinajstić information content (AvgIpc) is 2.01. The molecule has 4 nitrogen and oxygen atoms in total. The SMILES string of the molecule is COC(=O)[C@@H](C)C(C(C)=O)C(C)=O. The van der Waals surface area contributed by atoms with Crippen molar-refractivity contribution in [3.63, 3.8) is 0 Å². The van der Waals surface area contributed by atoms with Crippen molar-refractivity contribution in [1.82, 2.24) is 0 Å². The fraction of sp³-hybridized carbons (Fsp3) is 0.667. The smallest absolute Gasteiger partial charge is 0.309 e. The van der Waals surface area contributed by atoms with Gasteiger partial charge in [-0.25, -0.2) is 0 Å². The van der Waals surface area contributed by atoms with Gasteiger partial charge in [-0.2, -0.15) is 0 Å². The van der Waals surface area contributed by atoms with Crippen molar-refractivity contribution in [3.8, 4) is 0 Å². The summed E-state index contributed by atoms with van der Waals surface area (Å²) in [5.41, 5.74) is 0. The van der Waals surface area contributed by atoms with Gasteiger partial charge in [-0.3, -0.25) is 14.4 Å². The van der Waals surface area contributed by atoms with Gasteiger partial charge >= 0.3 is 5.97 Å². The second kappa shape index (κ2) is 4.74. The summed E-state index contributed by atoms with van der Waals surface area (Å²) in [5.74, 6) is -2.70. The van der Waals surface area contributed by atoms with E-state index in [-0.39, 0.29) is 11.6 Å². The van der Waals surface area contributed by atoms with Crippen LogP contribution >= 0.6 is 0 Å². The minimum atomic E-state index is -0.868. The first kappa shape index (κ1) is 11.8. The monoisotopic (exact) mass is 186 g/mol. The summed E-state index contributed by atoms with van der Waals surface area (Å²) in [4.78, 5) is 33.1. The summed E-state index contributed by atoms with van der Waals surface area (Å²) in [6.07, 6.45) is 0. The molecule has 0 aromatic carbocycles. The van der Waals surface area contributed by atoms with Crippen molar-refractivity contribution in [2.24, 2.45) is 11.8 Å². The van der Waals surface area contributed by atoms with E-state index in [1.165, 1.54) is 27.9 Å². The first-order valence-corrected chi connectivity index (χ1v) is 4.00. The highest BCUT2D eigenvalue weighted by Gasteiger charge is 2.31. The molecule has 0 rings (SSSR count). The van der Waals surface area contributed by atoms with Crippen LogP contribution in [0.5, 0.6) is 0 Å². The predicted octanol–water partition coefficient (Wildman–Crippen LogP) is 0.590. The fourth-order valence-electron chi connectivity index (χ4n) is 1.31. The Morgan fingerprint density at radius 2 is 1.46 bits per heavy atom. The van der Waals surface area contributed by atoms with E-state index in [0.717, 1.165) is 0 Å². The Labute approximate surface area is 77.3 Å². The van der Waals surface area contributed by atoms with Crippen LogP contribution in [-0.4, -0.2) is 24.6 Å². The van der Waals surface area contributed by atoms with E-state index in [1.807, 2.05) is 0 Å². The first-order chi connectivity index (χ1) is 5.91. The minimum absolute atomic E-state index is 0.301. The zero-order valence-corrected chi connectivity index (χ0v) is 8.29. The molecule has 0 aliphatic rings. The molecule has 0 radical (unpaired) electrons. The highest BCUT2D eigenvalue weighted by molar-refractivity contribution is 6.03. The van der Waals surface area contributed by atoms with Crippen LogP contribution in [0, 0.1) is 11.8 Å². The number of ether oxygens (including phenoxy) is 1. The molecular weight excluding hydrogens is 172 g/mol. The van der Waals surface area contributed by atoms with Gasteiger partial charge in [0.05, 0.1) is 18.9 Å². The number of ketones is 2. The normalized spacial score (nSPS) is 12.4. The lowest BCUT2D eigenvalue weighted by Gasteiger charge is -2.15. The highest BCUT2D eigenvalue weighted by atomic mass is 16.5. The molecule has 1 atom stereocenters. The Balaban J connectivity index is 4.65. The predicted molar refractivity (Wildman–Crippen MR) is 46.0 cm³/mol. The highest BCUT2D eigenvalue weighted by Crippen LogP contribution is 2.15. The van der Waals surface area contributed by atoms with Gasteiger partial charge in [-0.05, 0) is 13.8 Å². The molecule has 0 aliphatic carbocycles. The van der Waals surface area contributed by atoms with Crippen LogP contribution in [-0.2, 0) is 19.1 Å². The molecule has 0 aromatic heterocycles. The third-order valence-corrected chi connectivity index (χ3v) is 1.95. The average molecular weight is 186 g/mol. The Bertz CT molecular complexity index is 218. The molecule has 0 bridgehead atoms. The summed E-state index contributed by atoms with van der Waals surface area (Å²) < 4.78 is 4.45. The second-order valence-electron chi connectivity index (χ2n) is 3.01. The van der Waals surface area contributed by atoms with Gasteiger partial charge in [0.25, 0.3) is 0 Å². The number of hydrogen-bond acceptors (Lipinski definition) is 4. The molecule has 0 heterocycles. The fourth-order valence-corrected chi connectivity index (χ4v) is 1.31. The van der Waals surface area contributed by atoms with Crippen LogP contribution in [0.3, 0.4) is 0 Å². The summed E-state index contributed by atoms with van der Waals surface area (Å²) in [7, 11) is 1.23. The summed E-state index contributed by atoms with van der Waals surface area (Å²) in [5, 5.41) is 0. The molecule has 0 fully saturated rings. The maximum Gasteiger partial charge on any atom is 0.309 e. The van der Waals surface area contributed by atoms with Crippen molar-refractivity contribution < 1.29 is 19.1 Å². The molecule has 0 saturated carbocycles. The summed E-state index contributed by atoms with van der Waals surface area (Å²) in [6, 6.07) is 0. The Morgan fingerprint density at radius 3 is 1.69 bits per heavy atom. The van der Waals surface area contributed by atoms with Crippen molar-refractivity contribution in [2.45, 2.75) is 20.8 Å². The third kappa shape index (κ3) is 2.97. The van der Waals surface area contributed by atoms with Crippen LogP contribution in [0.15, 0.2) is 0 Å². The minimum Gasteiger partial charge on any atom is -0.469 e. The lowest BCUT2D eigenvalue weighted by atomic mass is 9.87. The molecule has 0 amide bonds. The van der Waals surface area contributed by atoms with E-state index in [0.29, 0.717) is 0 Å². The van der Waals surface area contributed by atoms with Gasteiger partial charge in [-0.1, -0.05) is 6.92 Å². The maximum absolute atomic E-state index is 11.0. The van der Waals surface area contributed by atoms with E-state index >= 15 is 0 Å². The molecule has 4 heteroatoms. The topological polar surface area (TPSA) is 60.4 Å². The quantitative estimate of drug-likeness (QED) is 0.476. The third-order valence-electron chi connectivity index (χ3n) is 1.95. The number of carbonyl (C=O) groups is 3. The van der Waals surface area contributed by atoms with Crippen molar-refractivity contribution in [2.75, 3.05) is 7.11 Å². The van der Waals surface area contributed by atoms with Crippen LogP contribution in [0.4, 0.5) is 0 Å². The Kier molecular flexibility index (Phi) is 4.31. The van der Waals surface area contributed by atoms with Gasteiger partial charge in [0.1, 0.15) is 11.6 Å². The van der Waals surface area contributed by atoms with Gasteiger partial charge < -0.3 is 4.74 Å². The van der Waals surface area contributed by atoms with Gasteiger partial charge in [0.2, 0.25) is 0 Å². The van der Waals surface area contributed by atoms with Crippen molar-refractivity contribution in [3.05, 3.63) is 0 Å². The molecule has 13 heavy (non-hydrogen) atoms. The van der Waals surface area contributed by atoms with Gasteiger partial charge in [-0.15, -0.1) is 0 Å².